The van der Waals surface area contributed by atoms with Crippen LogP contribution in [0, 0.1) is 0 Å². The Labute approximate surface area is 220 Å². The zero-order chi connectivity index (χ0) is 25.2. The SMILES string of the molecule is O=C1CCC(N2Cc3c(SCCCCCCCCCCCN4CCNCC4)cccc3C2=O)C(=O)N1. The summed E-state index contributed by atoms with van der Waals surface area (Å²) in [7, 11) is 0. The lowest BCUT2D eigenvalue weighted by atomic mass is 10.0. The Bertz CT molecular complexity index is 903. The zero-order valence-electron chi connectivity index (χ0n) is 21.6. The maximum absolute atomic E-state index is 13.0. The van der Waals surface area contributed by atoms with Crippen LogP contribution in [0.4, 0.5) is 0 Å². The van der Waals surface area contributed by atoms with Crippen molar-refractivity contribution in [2.75, 3.05) is 38.5 Å². The van der Waals surface area contributed by atoms with Gasteiger partial charge >= 0.3 is 0 Å². The van der Waals surface area contributed by atoms with Crippen molar-refractivity contribution in [3.63, 3.8) is 0 Å². The Hall–Kier alpha value is -1.90. The van der Waals surface area contributed by atoms with Gasteiger partial charge in [0.05, 0.1) is 0 Å². The fourth-order valence-corrected chi connectivity index (χ4v) is 6.58. The first-order chi connectivity index (χ1) is 17.6. The second kappa shape index (κ2) is 14.1. The van der Waals surface area contributed by atoms with E-state index < -0.39 is 6.04 Å². The first-order valence-electron chi connectivity index (χ1n) is 14.0. The summed E-state index contributed by atoms with van der Waals surface area (Å²) in [6.45, 7) is 6.45. The van der Waals surface area contributed by atoms with Crippen LogP contribution in [0.5, 0.6) is 0 Å². The van der Waals surface area contributed by atoms with Gasteiger partial charge in [-0.2, -0.15) is 0 Å². The number of carbonyl (C=O) groups excluding carboxylic acids is 3. The average molecular weight is 515 g/mol. The highest BCUT2D eigenvalue weighted by atomic mass is 32.2. The number of hydrogen-bond acceptors (Lipinski definition) is 6. The van der Waals surface area contributed by atoms with Crippen molar-refractivity contribution in [3.8, 4) is 0 Å². The van der Waals surface area contributed by atoms with E-state index in [2.05, 4.69) is 21.6 Å². The molecule has 4 rings (SSSR count). The molecule has 198 valence electrons. The number of hydrogen-bond donors (Lipinski definition) is 2. The summed E-state index contributed by atoms with van der Waals surface area (Å²) in [4.78, 5) is 42.1. The van der Waals surface area contributed by atoms with Gasteiger partial charge in [0.15, 0.2) is 0 Å². The zero-order valence-corrected chi connectivity index (χ0v) is 22.4. The Morgan fingerprint density at radius 2 is 1.58 bits per heavy atom. The largest absolute Gasteiger partial charge is 0.322 e. The van der Waals surface area contributed by atoms with E-state index in [0.717, 1.165) is 29.3 Å². The summed E-state index contributed by atoms with van der Waals surface area (Å²) in [5.41, 5.74) is 1.74. The normalized spacial score (nSPS) is 20.6. The highest BCUT2D eigenvalue weighted by Gasteiger charge is 2.39. The van der Waals surface area contributed by atoms with Gasteiger partial charge in [-0.05, 0) is 49.3 Å². The number of imide groups is 1. The number of carbonyl (C=O) groups is 3. The van der Waals surface area contributed by atoms with Crippen molar-refractivity contribution < 1.29 is 14.4 Å². The van der Waals surface area contributed by atoms with Crippen molar-refractivity contribution in [2.45, 2.75) is 88.1 Å². The fraction of sp³-hybridized carbons (Fsp3) is 0.679. The molecule has 0 saturated carbocycles. The molecule has 0 bridgehead atoms. The van der Waals surface area contributed by atoms with E-state index in [9.17, 15) is 14.4 Å². The molecule has 0 aliphatic carbocycles. The number of amides is 3. The third-order valence-electron chi connectivity index (χ3n) is 7.62. The van der Waals surface area contributed by atoms with Gasteiger partial charge in [-0.25, -0.2) is 0 Å². The van der Waals surface area contributed by atoms with Gasteiger partial charge in [-0.1, -0.05) is 51.0 Å². The number of piperidine rings is 1. The Kier molecular flexibility index (Phi) is 10.7. The first kappa shape index (κ1) is 27.1. The molecule has 7 nitrogen and oxygen atoms in total. The Balaban J connectivity index is 1.07. The first-order valence-corrected chi connectivity index (χ1v) is 14.9. The predicted molar refractivity (Wildman–Crippen MR) is 144 cm³/mol. The van der Waals surface area contributed by atoms with Gasteiger partial charge in [0.1, 0.15) is 6.04 Å². The van der Waals surface area contributed by atoms with E-state index in [4.69, 9.17) is 0 Å². The lowest BCUT2D eigenvalue weighted by Gasteiger charge is -2.29. The van der Waals surface area contributed by atoms with Gasteiger partial charge in [0, 0.05) is 49.6 Å². The van der Waals surface area contributed by atoms with E-state index >= 15 is 0 Å². The minimum Gasteiger partial charge on any atom is -0.322 e. The number of unbranched alkanes of at least 4 members (excludes halogenated alkanes) is 8. The van der Waals surface area contributed by atoms with E-state index in [1.54, 1.807) is 4.90 Å². The van der Waals surface area contributed by atoms with Gasteiger partial charge in [-0.3, -0.25) is 19.7 Å². The molecule has 2 fully saturated rings. The molecule has 1 aromatic carbocycles. The molecular weight excluding hydrogens is 472 g/mol. The lowest BCUT2D eigenvalue weighted by molar-refractivity contribution is -0.136. The number of fused-ring (bicyclic) bond motifs is 1. The van der Waals surface area contributed by atoms with Crippen LogP contribution < -0.4 is 10.6 Å². The monoisotopic (exact) mass is 514 g/mol. The van der Waals surface area contributed by atoms with Crippen LogP contribution in [0.25, 0.3) is 0 Å². The van der Waals surface area contributed by atoms with E-state index in [1.165, 1.54) is 77.4 Å². The number of nitrogens with zero attached hydrogens (tertiary/aromatic N) is 2. The fourth-order valence-electron chi connectivity index (χ4n) is 5.48. The standard InChI is InChI=1S/C28H42N4O3S/c33-26-14-13-24(27(34)30-26)32-21-23-22(28(32)35)11-10-12-25(23)36-20-9-7-5-3-1-2-4-6-8-17-31-18-15-29-16-19-31/h10-12,24,29H,1-9,13-21H2,(H,30,33,34). The quantitative estimate of drug-likeness (QED) is 0.222. The molecule has 2 N–H and O–H groups in total. The van der Waals surface area contributed by atoms with Crippen LogP contribution >= 0.6 is 11.8 Å². The van der Waals surface area contributed by atoms with Gasteiger partial charge in [0.2, 0.25) is 11.8 Å². The van der Waals surface area contributed by atoms with Crippen LogP contribution in [-0.2, 0) is 16.1 Å². The molecule has 3 aliphatic heterocycles. The van der Waals surface area contributed by atoms with Crippen LogP contribution in [0.3, 0.4) is 0 Å². The van der Waals surface area contributed by atoms with Crippen molar-refractivity contribution >= 4 is 29.5 Å². The predicted octanol–water partition coefficient (Wildman–Crippen LogP) is 3.96. The molecule has 3 amide bonds. The molecule has 1 aromatic rings. The Morgan fingerprint density at radius 1 is 0.889 bits per heavy atom. The molecule has 1 unspecified atom stereocenters. The molecule has 8 heteroatoms. The number of thioether (sulfide) groups is 1. The minimum atomic E-state index is -0.548. The molecule has 0 aromatic heterocycles. The summed E-state index contributed by atoms with van der Waals surface area (Å²) < 4.78 is 0. The minimum absolute atomic E-state index is 0.0919. The van der Waals surface area contributed by atoms with Crippen LogP contribution in [0.2, 0.25) is 0 Å². The van der Waals surface area contributed by atoms with Crippen molar-refractivity contribution in [1.29, 1.82) is 0 Å². The third kappa shape index (κ3) is 7.56. The summed E-state index contributed by atoms with van der Waals surface area (Å²) in [6, 6.07) is 5.34. The molecule has 0 spiro atoms. The second-order valence-electron chi connectivity index (χ2n) is 10.3. The number of rotatable bonds is 14. The van der Waals surface area contributed by atoms with Gasteiger partial charge < -0.3 is 15.1 Å². The van der Waals surface area contributed by atoms with Crippen LogP contribution in [0.1, 0.15) is 86.6 Å². The van der Waals surface area contributed by atoms with Crippen molar-refractivity contribution in [1.82, 2.24) is 20.4 Å². The van der Waals surface area contributed by atoms with Gasteiger partial charge in [0.25, 0.3) is 5.91 Å². The van der Waals surface area contributed by atoms with E-state index in [1.807, 2.05) is 23.9 Å². The molecule has 3 heterocycles. The molecule has 36 heavy (non-hydrogen) atoms. The summed E-state index contributed by atoms with van der Waals surface area (Å²) in [6.07, 6.45) is 12.6. The van der Waals surface area contributed by atoms with Gasteiger partial charge in [-0.15, -0.1) is 11.8 Å². The van der Waals surface area contributed by atoms with Crippen molar-refractivity contribution in [2.24, 2.45) is 0 Å². The maximum atomic E-state index is 13.0. The highest BCUT2D eigenvalue weighted by molar-refractivity contribution is 7.99. The van der Waals surface area contributed by atoms with E-state index in [0.29, 0.717) is 18.5 Å². The summed E-state index contributed by atoms with van der Waals surface area (Å²) >= 11 is 1.83. The molecular formula is C28H42N4O3S. The van der Waals surface area contributed by atoms with E-state index in [-0.39, 0.29) is 24.1 Å². The third-order valence-corrected chi connectivity index (χ3v) is 8.81. The number of nitrogens with one attached hydrogen (secondary N) is 2. The average Bonchev–Trinajstić information content (AvgIpc) is 3.22. The topological polar surface area (TPSA) is 81.8 Å². The lowest BCUT2D eigenvalue weighted by Crippen LogP contribution is -2.52. The molecule has 0 radical (unpaired) electrons. The van der Waals surface area contributed by atoms with Crippen LogP contribution in [0.15, 0.2) is 23.1 Å². The maximum Gasteiger partial charge on any atom is 0.255 e. The van der Waals surface area contributed by atoms with Crippen LogP contribution in [-0.4, -0.2) is 72.0 Å². The Morgan fingerprint density at radius 3 is 2.31 bits per heavy atom. The summed E-state index contributed by atoms with van der Waals surface area (Å²) in [5.74, 6) is 0.357. The number of benzene rings is 1. The van der Waals surface area contributed by atoms with Crippen molar-refractivity contribution in [3.05, 3.63) is 29.3 Å². The second-order valence-corrected chi connectivity index (χ2v) is 11.4. The number of piperazine rings is 1. The molecule has 3 aliphatic rings. The summed E-state index contributed by atoms with van der Waals surface area (Å²) in [5, 5.41) is 5.79. The molecule has 2 saturated heterocycles. The smallest absolute Gasteiger partial charge is 0.255 e. The molecule has 1 atom stereocenters. The highest BCUT2D eigenvalue weighted by Crippen LogP contribution is 2.34.